The molecule has 0 aliphatic carbocycles. The number of pyridine rings is 1. The molecule has 3 rings (SSSR count). The molecule has 0 bridgehead atoms. The summed E-state index contributed by atoms with van der Waals surface area (Å²) in [6.07, 6.45) is -2.35. The number of halogens is 3. The van der Waals surface area contributed by atoms with Crippen molar-refractivity contribution in [3.8, 4) is 0 Å². The van der Waals surface area contributed by atoms with Gasteiger partial charge in [0.05, 0.1) is 11.7 Å². The van der Waals surface area contributed by atoms with E-state index in [1.807, 2.05) is 30.3 Å². The number of alkyl halides is 3. The average Bonchev–Trinajstić information content (AvgIpc) is 3.02. The molecule has 1 aromatic heterocycles. The van der Waals surface area contributed by atoms with Gasteiger partial charge >= 0.3 is 6.18 Å². The predicted molar refractivity (Wildman–Crippen MR) is 81.0 cm³/mol. The van der Waals surface area contributed by atoms with Gasteiger partial charge in [-0.3, -0.25) is 0 Å². The Bertz CT molecular complexity index is 646. The maximum Gasteiger partial charge on any atom is 0.419 e. The van der Waals surface area contributed by atoms with Crippen LogP contribution in [-0.4, -0.2) is 18.1 Å². The maximum absolute atomic E-state index is 13.0. The van der Waals surface area contributed by atoms with Crippen LogP contribution in [0.3, 0.4) is 0 Å². The van der Waals surface area contributed by atoms with Crippen LogP contribution in [0.5, 0.6) is 0 Å². The van der Waals surface area contributed by atoms with Gasteiger partial charge in [0.15, 0.2) is 0 Å². The van der Waals surface area contributed by atoms with E-state index in [4.69, 9.17) is 4.74 Å². The molecule has 1 fully saturated rings. The summed E-state index contributed by atoms with van der Waals surface area (Å²) < 4.78 is 44.7. The Hall–Kier alpha value is -2.08. The summed E-state index contributed by atoms with van der Waals surface area (Å²) in [5.74, 6) is -0.0146. The van der Waals surface area contributed by atoms with Gasteiger partial charge in [-0.25, -0.2) is 4.98 Å². The van der Waals surface area contributed by atoms with Gasteiger partial charge in [0, 0.05) is 25.3 Å². The van der Waals surface area contributed by atoms with E-state index in [-0.39, 0.29) is 17.8 Å². The normalized spacial score (nSPS) is 21.3. The van der Waals surface area contributed by atoms with E-state index >= 15 is 0 Å². The Morgan fingerprint density at radius 1 is 1.13 bits per heavy atom. The molecule has 1 N–H and O–H groups in total. The lowest BCUT2D eigenvalue weighted by atomic mass is 9.95. The number of benzene rings is 1. The van der Waals surface area contributed by atoms with Crippen LogP contribution in [0.15, 0.2) is 48.7 Å². The van der Waals surface area contributed by atoms with Crippen LogP contribution < -0.4 is 5.32 Å². The first-order valence-corrected chi connectivity index (χ1v) is 7.48. The van der Waals surface area contributed by atoms with Crippen LogP contribution in [0.2, 0.25) is 0 Å². The minimum atomic E-state index is -4.42. The van der Waals surface area contributed by atoms with Crippen molar-refractivity contribution in [2.45, 2.75) is 18.7 Å². The third-order valence-electron chi connectivity index (χ3n) is 3.99. The summed E-state index contributed by atoms with van der Waals surface area (Å²) >= 11 is 0. The summed E-state index contributed by atoms with van der Waals surface area (Å²) in [7, 11) is 0. The topological polar surface area (TPSA) is 34.2 Å². The lowest BCUT2D eigenvalue weighted by Crippen LogP contribution is -2.20. The van der Waals surface area contributed by atoms with Gasteiger partial charge in [-0.2, -0.15) is 13.2 Å². The van der Waals surface area contributed by atoms with Crippen LogP contribution in [0.25, 0.3) is 0 Å². The second-order valence-electron chi connectivity index (χ2n) is 5.53. The Labute approximate surface area is 132 Å². The highest BCUT2D eigenvalue weighted by molar-refractivity contribution is 5.45. The smallest absolute Gasteiger partial charge is 0.373 e. The lowest BCUT2D eigenvalue weighted by molar-refractivity contribution is -0.137. The number of rotatable bonds is 4. The first-order chi connectivity index (χ1) is 11.1. The number of aromatic nitrogens is 1. The third-order valence-corrected chi connectivity index (χ3v) is 3.99. The number of anilines is 1. The van der Waals surface area contributed by atoms with Crippen LogP contribution in [0.4, 0.5) is 19.0 Å². The fourth-order valence-corrected chi connectivity index (χ4v) is 2.86. The van der Waals surface area contributed by atoms with Crippen LogP contribution in [0.1, 0.15) is 23.7 Å². The number of nitrogens with zero attached hydrogens (tertiary/aromatic N) is 1. The predicted octanol–water partition coefficient (Wildman–Crippen LogP) is 4.29. The summed E-state index contributed by atoms with van der Waals surface area (Å²) in [4.78, 5) is 3.83. The van der Waals surface area contributed by atoms with E-state index in [0.717, 1.165) is 18.1 Å². The van der Waals surface area contributed by atoms with Crippen molar-refractivity contribution in [1.29, 1.82) is 0 Å². The number of ether oxygens (including phenoxy) is 1. The molecule has 1 aliphatic rings. The molecule has 1 aliphatic heterocycles. The van der Waals surface area contributed by atoms with Gasteiger partial charge in [-0.1, -0.05) is 30.3 Å². The molecular formula is C17H17F3N2O. The molecule has 0 saturated carbocycles. The molecule has 1 saturated heterocycles. The largest absolute Gasteiger partial charge is 0.419 e. The molecule has 2 heterocycles. The fourth-order valence-electron chi connectivity index (χ4n) is 2.86. The summed E-state index contributed by atoms with van der Waals surface area (Å²) in [6, 6.07) is 12.1. The van der Waals surface area contributed by atoms with Crippen LogP contribution in [-0.2, 0) is 10.9 Å². The zero-order chi connectivity index (χ0) is 16.3. The Balaban J connectivity index is 1.71. The van der Waals surface area contributed by atoms with Crippen molar-refractivity contribution in [3.05, 3.63) is 59.8 Å². The molecule has 122 valence electrons. The Morgan fingerprint density at radius 3 is 2.65 bits per heavy atom. The maximum atomic E-state index is 13.0. The molecule has 2 unspecified atom stereocenters. The van der Waals surface area contributed by atoms with Crippen molar-refractivity contribution in [2.75, 3.05) is 18.5 Å². The minimum absolute atomic E-state index is 0.0956. The molecular weight excluding hydrogens is 305 g/mol. The number of hydrogen-bond acceptors (Lipinski definition) is 3. The second kappa shape index (κ2) is 6.58. The first-order valence-electron chi connectivity index (χ1n) is 7.48. The molecule has 0 spiro atoms. The average molecular weight is 322 g/mol. The van der Waals surface area contributed by atoms with Crippen molar-refractivity contribution >= 4 is 5.82 Å². The lowest BCUT2D eigenvalue weighted by Gasteiger charge is -2.20. The number of hydrogen-bond donors (Lipinski definition) is 1. The highest BCUT2D eigenvalue weighted by atomic mass is 19.4. The van der Waals surface area contributed by atoms with Crippen LogP contribution >= 0.6 is 0 Å². The standard InChI is InChI=1S/C17H17F3N2O/c18-17(19,20)14-7-4-9-21-16(14)22-11-13-8-10-23-15(13)12-5-2-1-3-6-12/h1-7,9,13,15H,8,10-11H2,(H,21,22). The van der Waals surface area contributed by atoms with Crippen molar-refractivity contribution < 1.29 is 17.9 Å². The molecule has 2 atom stereocenters. The minimum Gasteiger partial charge on any atom is -0.373 e. The summed E-state index contributed by atoms with van der Waals surface area (Å²) in [5, 5.41) is 2.85. The molecule has 23 heavy (non-hydrogen) atoms. The van der Waals surface area contributed by atoms with Crippen molar-refractivity contribution in [1.82, 2.24) is 4.98 Å². The van der Waals surface area contributed by atoms with E-state index in [2.05, 4.69) is 10.3 Å². The summed E-state index contributed by atoms with van der Waals surface area (Å²) in [5.41, 5.74) is 0.309. The van der Waals surface area contributed by atoms with Gasteiger partial charge in [0.25, 0.3) is 0 Å². The van der Waals surface area contributed by atoms with Crippen molar-refractivity contribution in [3.63, 3.8) is 0 Å². The number of nitrogens with one attached hydrogen (secondary N) is 1. The third kappa shape index (κ3) is 3.64. The molecule has 0 amide bonds. The quantitative estimate of drug-likeness (QED) is 0.912. The van der Waals surface area contributed by atoms with E-state index in [1.165, 1.54) is 12.3 Å². The highest BCUT2D eigenvalue weighted by Gasteiger charge is 2.35. The zero-order valence-corrected chi connectivity index (χ0v) is 12.4. The van der Waals surface area contributed by atoms with E-state index < -0.39 is 11.7 Å². The summed E-state index contributed by atoms with van der Waals surface area (Å²) in [6.45, 7) is 1.000. The Kier molecular flexibility index (Phi) is 4.52. The van der Waals surface area contributed by atoms with E-state index in [9.17, 15) is 13.2 Å². The molecule has 2 aromatic rings. The van der Waals surface area contributed by atoms with Gasteiger partial charge < -0.3 is 10.1 Å². The van der Waals surface area contributed by atoms with Crippen LogP contribution in [0, 0.1) is 5.92 Å². The van der Waals surface area contributed by atoms with Gasteiger partial charge in [0.2, 0.25) is 0 Å². The molecule has 0 radical (unpaired) electrons. The van der Waals surface area contributed by atoms with E-state index in [0.29, 0.717) is 13.2 Å². The molecule has 6 heteroatoms. The molecule has 3 nitrogen and oxygen atoms in total. The Morgan fingerprint density at radius 2 is 1.91 bits per heavy atom. The molecule has 1 aromatic carbocycles. The van der Waals surface area contributed by atoms with Gasteiger partial charge in [-0.15, -0.1) is 0 Å². The first kappa shape index (κ1) is 15.8. The van der Waals surface area contributed by atoms with Crippen molar-refractivity contribution in [2.24, 2.45) is 5.92 Å². The van der Waals surface area contributed by atoms with Gasteiger partial charge in [-0.05, 0) is 24.1 Å². The van der Waals surface area contributed by atoms with E-state index in [1.54, 1.807) is 0 Å². The monoisotopic (exact) mass is 322 g/mol. The zero-order valence-electron chi connectivity index (χ0n) is 12.4. The highest BCUT2D eigenvalue weighted by Crippen LogP contribution is 2.36. The fraction of sp³-hybridized carbons (Fsp3) is 0.353. The SMILES string of the molecule is FC(F)(F)c1cccnc1NCC1CCOC1c1ccccc1. The second-order valence-corrected chi connectivity index (χ2v) is 5.53. The van der Waals surface area contributed by atoms with Gasteiger partial charge in [0.1, 0.15) is 5.82 Å².